The summed E-state index contributed by atoms with van der Waals surface area (Å²) in [7, 11) is -3.62. The summed E-state index contributed by atoms with van der Waals surface area (Å²) in [5, 5.41) is 4.60. The minimum absolute atomic E-state index is 0.101. The van der Waals surface area contributed by atoms with Crippen LogP contribution in [0.3, 0.4) is 0 Å². The summed E-state index contributed by atoms with van der Waals surface area (Å²) in [6.07, 6.45) is -4.60. The van der Waals surface area contributed by atoms with Crippen molar-refractivity contribution >= 4 is 27.1 Å². The number of carbonyl (C=O) groups excluding carboxylic acids is 1. The van der Waals surface area contributed by atoms with Crippen molar-refractivity contribution in [2.24, 2.45) is 5.16 Å². The first-order valence-corrected chi connectivity index (χ1v) is 9.14. The van der Waals surface area contributed by atoms with E-state index in [0.717, 1.165) is 23.6 Å². The van der Waals surface area contributed by atoms with E-state index < -0.39 is 27.5 Å². The lowest BCUT2D eigenvalue weighted by Gasteiger charge is -2.07. The molecule has 1 aliphatic heterocycles. The van der Waals surface area contributed by atoms with E-state index in [1.807, 2.05) is 0 Å². The molecule has 0 unspecified atom stereocenters. The van der Waals surface area contributed by atoms with E-state index in [1.165, 1.54) is 13.0 Å². The molecule has 2 aromatic rings. The molecule has 0 amide bonds. The molecule has 0 atom stereocenters. The van der Waals surface area contributed by atoms with Crippen molar-refractivity contribution in [3.05, 3.63) is 70.6 Å². The van der Waals surface area contributed by atoms with Crippen molar-refractivity contribution in [1.82, 2.24) is 0 Å². The van der Waals surface area contributed by atoms with Crippen molar-refractivity contribution < 1.29 is 31.2 Å². The molecule has 5 nitrogen and oxygen atoms in total. The predicted molar refractivity (Wildman–Crippen MR) is 91.6 cm³/mol. The number of rotatable bonds is 3. The fourth-order valence-corrected chi connectivity index (χ4v) is 4.02. The van der Waals surface area contributed by atoms with E-state index >= 15 is 0 Å². The Hall–Kier alpha value is -2.94. The monoisotopic (exact) mass is 395 g/mol. The van der Waals surface area contributed by atoms with Crippen molar-refractivity contribution in [2.45, 2.75) is 18.0 Å². The van der Waals surface area contributed by atoms with Crippen LogP contribution in [-0.2, 0) is 20.9 Å². The van der Waals surface area contributed by atoms with E-state index in [9.17, 15) is 26.4 Å². The number of fused-ring (bicyclic) bond motifs is 1. The summed E-state index contributed by atoms with van der Waals surface area (Å²) in [5.74, 6) is -1.09. The van der Waals surface area contributed by atoms with Crippen LogP contribution in [0.2, 0.25) is 0 Å². The number of halogens is 3. The number of hydrogen-bond donors (Lipinski definition) is 0. The number of nitrogens with zero attached hydrogens (tertiary/aromatic N) is 1. The number of carbonyl (C=O) groups is 1. The van der Waals surface area contributed by atoms with Crippen molar-refractivity contribution in [1.29, 1.82) is 0 Å². The molecule has 1 heterocycles. The second-order valence-electron chi connectivity index (χ2n) is 5.71. The Kier molecular flexibility index (Phi) is 4.64. The van der Waals surface area contributed by atoms with E-state index in [1.54, 1.807) is 18.2 Å². The first kappa shape index (κ1) is 18.8. The highest BCUT2D eigenvalue weighted by molar-refractivity contribution is 7.95. The predicted octanol–water partition coefficient (Wildman–Crippen LogP) is 4.07. The molecule has 140 valence electrons. The molecule has 27 heavy (non-hydrogen) atoms. The van der Waals surface area contributed by atoms with Crippen LogP contribution in [0, 0.1) is 0 Å². The van der Waals surface area contributed by atoms with Crippen LogP contribution in [0.1, 0.15) is 28.4 Å². The third kappa shape index (κ3) is 3.77. The van der Waals surface area contributed by atoms with Crippen LogP contribution >= 0.6 is 0 Å². The van der Waals surface area contributed by atoms with Gasteiger partial charge < -0.3 is 4.84 Å². The maximum Gasteiger partial charge on any atom is 0.416 e. The molecule has 9 heteroatoms. The van der Waals surface area contributed by atoms with Gasteiger partial charge in [0.1, 0.15) is 0 Å². The SMILES string of the molecule is C/C(=N\OC(=O)c1cccc(C(F)(F)F)c1)C1=CS(=O)(=O)c2ccccc21. The molecule has 0 aromatic heterocycles. The Morgan fingerprint density at radius 3 is 2.48 bits per heavy atom. The number of oxime groups is 1. The number of benzene rings is 2. The van der Waals surface area contributed by atoms with E-state index in [-0.39, 0.29) is 21.7 Å². The fourth-order valence-electron chi connectivity index (χ4n) is 2.53. The van der Waals surface area contributed by atoms with Crippen LogP contribution < -0.4 is 0 Å². The molecule has 0 N–H and O–H groups in total. The number of sulfone groups is 1. The first-order chi connectivity index (χ1) is 12.6. The van der Waals surface area contributed by atoms with E-state index in [0.29, 0.717) is 11.6 Å². The van der Waals surface area contributed by atoms with Gasteiger partial charge in [-0.3, -0.25) is 0 Å². The largest absolute Gasteiger partial charge is 0.416 e. The zero-order chi connectivity index (χ0) is 19.8. The maximum absolute atomic E-state index is 12.7. The molecule has 1 aliphatic rings. The normalized spacial score (nSPS) is 15.9. The standard InChI is InChI=1S/C18H12F3NO4S/c1-11(15-10-27(24,25)16-8-3-2-7-14(15)16)22-26-17(23)12-5-4-6-13(9-12)18(19,20)21/h2-10H,1H3/b22-11+. The van der Waals surface area contributed by atoms with Gasteiger partial charge in [-0.15, -0.1) is 0 Å². The topological polar surface area (TPSA) is 72.8 Å². The molecule has 0 aliphatic carbocycles. The fraction of sp³-hybridized carbons (Fsp3) is 0.111. The Labute approximate surface area is 152 Å². The molecule has 3 rings (SSSR count). The van der Waals surface area contributed by atoms with Gasteiger partial charge in [-0.2, -0.15) is 13.2 Å². The van der Waals surface area contributed by atoms with Crippen LogP contribution in [-0.4, -0.2) is 20.1 Å². The molecule has 0 spiro atoms. The lowest BCUT2D eigenvalue weighted by Crippen LogP contribution is -2.08. The number of alkyl halides is 3. The highest BCUT2D eigenvalue weighted by atomic mass is 32.2. The van der Waals surface area contributed by atoms with Crippen LogP contribution in [0.5, 0.6) is 0 Å². The van der Waals surface area contributed by atoms with Gasteiger partial charge >= 0.3 is 12.1 Å². The average Bonchev–Trinajstić information content (AvgIpc) is 2.90. The van der Waals surface area contributed by atoms with E-state index in [4.69, 9.17) is 4.84 Å². The second-order valence-corrected chi connectivity index (χ2v) is 7.47. The van der Waals surface area contributed by atoms with Gasteiger partial charge in [-0.05, 0) is 31.2 Å². The van der Waals surface area contributed by atoms with Crippen molar-refractivity contribution in [3.63, 3.8) is 0 Å². The molecule has 2 aromatic carbocycles. The quantitative estimate of drug-likeness (QED) is 0.446. The summed E-state index contributed by atoms with van der Waals surface area (Å²) >= 11 is 0. The summed E-state index contributed by atoms with van der Waals surface area (Å²) in [6.45, 7) is 1.43. The van der Waals surface area contributed by atoms with Gasteiger partial charge in [-0.1, -0.05) is 29.4 Å². The minimum Gasteiger partial charge on any atom is -0.313 e. The van der Waals surface area contributed by atoms with Crippen LogP contribution in [0.25, 0.3) is 5.57 Å². The minimum atomic E-state index is -4.60. The smallest absolute Gasteiger partial charge is 0.313 e. The molecule has 0 saturated carbocycles. The number of allylic oxidation sites excluding steroid dienone is 1. The van der Waals surface area contributed by atoms with E-state index in [2.05, 4.69) is 5.16 Å². The zero-order valence-electron chi connectivity index (χ0n) is 13.8. The zero-order valence-corrected chi connectivity index (χ0v) is 14.6. The summed E-state index contributed by atoms with van der Waals surface area (Å²) in [4.78, 5) is 16.8. The van der Waals surface area contributed by atoms with Gasteiger partial charge in [0.2, 0.25) is 9.84 Å². The Balaban J connectivity index is 1.84. The van der Waals surface area contributed by atoms with Gasteiger partial charge in [0, 0.05) is 16.5 Å². The Morgan fingerprint density at radius 1 is 1.07 bits per heavy atom. The summed E-state index contributed by atoms with van der Waals surface area (Å²) in [5.41, 5.74) is -0.550. The molecule has 0 fully saturated rings. The van der Waals surface area contributed by atoms with Gasteiger partial charge in [-0.25, -0.2) is 13.2 Å². The lowest BCUT2D eigenvalue weighted by atomic mass is 10.0. The van der Waals surface area contributed by atoms with Crippen LogP contribution in [0.15, 0.2) is 64.0 Å². The van der Waals surface area contributed by atoms with Gasteiger partial charge in [0.15, 0.2) is 0 Å². The average molecular weight is 395 g/mol. The van der Waals surface area contributed by atoms with Gasteiger partial charge in [0.25, 0.3) is 0 Å². The van der Waals surface area contributed by atoms with Crippen molar-refractivity contribution in [2.75, 3.05) is 0 Å². The van der Waals surface area contributed by atoms with Crippen molar-refractivity contribution in [3.8, 4) is 0 Å². The highest BCUT2D eigenvalue weighted by Gasteiger charge is 2.31. The lowest BCUT2D eigenvalue weighted by molar-refractivity contribution is -0.137. The Bertz CT molecular complexity index is 1090. The number of hydrogen-bond acceptors (Lipinski definition) is 5. The summed E-state index contributed by atoms with van der Waals surface area (Å²) < 4.78 is 62.4. The third-order valence-electron chi connectivity index (χ3n) is 3.84. The molecular formula is C18H12F3NO4S. The maximum atomic E-state index is 12.7. The first-order valence-electron chi connectivity index (χ1n) is 7.59. The molecule has 0 radical (unpaired) electrons. The molecule has 0 bridgehead atoms. The third-order valence-corrected chi connectivity index (χ3v) is 5.35. The van der Waals surface area contributed by atoms with Gasteiger partial charge in [0.05, 0.1) is 21.7 Å². The van der Waals surface area contributed by atoms with Crippen LogP contribution in [0.4, 0.5) is 13.2 Å². The highest BCUT2D eigenvalue weighted by Crippen LogP contribution is 2.34. The second kappa shape index (κ2) is 6.66. The molecule has 0 saturated heterocycles. The summed E-state index contributed by atoms with van der Waals surface area (Å²) in [6, 6.07) is 9.98. The molecular weight excluding hydrogens is 383 g/mol. The Morgan fingerprint density at radius 2 is 1.78 bits per heavy atom.